The van der Waals surface area contributed by atoms with Crippen LogP contribution in [0.4, 0.5) is 16.2 Å². The third-order valence-corrected chi connectivity index (χ3v) is 4.41. The zero-order valence-corrected chi connectivity index (χ0v) is 14.5. The molecule has 0 radical (unpaired) electrons. The van der Waals surface area contributed by atoms with Gasteiger partial charge in [-0.05, 0) is 37.6 Å². The SMILES string of the molecule is Cc1ccc(C(=O)Nc2cccc([C@]3(C)NC(=O)NC3=O)c2)cc1[N+](=O)[O-]. The van der Waals surface area contributed by atoms with Gasteiger partial charge < -0.3 is 10.6 Å². The molecule has 4 amide bonds. The van der Waals surface area contributed by atoms with E-state index in [-0.39, 0.29) is 11.3 Å². The number of hydrogen-bond donors (Lipinski definition) is 3. The minimum absolute atomic E-state index is 0.135. The molecule has 3 rings (SSSR count). The van der Waals surface area contributed by atoms with Crippen LogP contribution >= 0.6 is 0 Å². The maximum Gasteiger partial charge on any atom is 0.322 e. The van der Waals surface area contributed by atoms with Crippen molar-refractivity contribution >= 4 is 29.2 Å². The van der Waals surface area contributed by atoms with Gasteiger partial charge in [0.1, 0.15) is 5.54 Å². The number of benzene rings is 2. The molecule has 3 N–H and O–H groups in total. The summed E-state index contributed by atoms with van der Waals surface area (Å²) in [6, 6.07) is 10.1. The Kier molecular flexibility index (Phi) is 4.36. The van der Waals surface area contributed by atoms with Crippen LogP contribution in [-0.2, 0) is 10.3 Å². The molecule has 0 spiro atoms. The highest BCUT2D eigenvalue weighted by Gasteiger charge is 2.43. The number of carbonyl (C=O) groups is 3. The average molecular weight is 368 g/mol. The third kappa shape index (κ3) is 3.34. The zero-order valence-electron chi connectivity index (χ0n) is 14.5. The van der Waals surface area contributed by atoms with Gasteiger partial charge in [-0.15, -0.1) is 0 Å². The van der Waals surface area contributed by atoms with Gasteiger partial charge in [-0.2, -0.15) is 0 Å². The first-order valence-electron chi connectivity index (χ1n) is 8.01. The minimum Gasteiger partial charge on any atom is -0.322 e. The summed E-state index contributed by atoms with van der Waals surface area (Å²) in [6.45, 7) is 3.14. The summed E-state index contributed by atoms with van der Waals surface area (Å²) in [5, 5.41) is 18.4. The second kappa shape index (κ2) is 6.52. The van der Waals surface area contributed by atoms with Crippen LogP contribution in [0.25, 0.3) is 0 Å². The van der Waals surface area contributed by atoms with Gasteiger partial charge in [0.25, 0.3) is 17.5 Å². The quantitative estimate of drug-likeness (QED) is 0.433. The minimum atomic E-state index is -1.25. The second-order valence-corrected chi connectivity index (χ2v) is 6.33. The maximum absolute atomic E-state index is 12.4. The topological polar surface area (TPSA) is 130 Å². The van der Waals surface area contributed by atoms with Gasteiger partial charge in [-0.3, -0.25) is 25.0 Å². The van der Waals surface area contributed by atoms with Crippen LogP contribution < -0.4 is 16.0 Å². The summed E-state index contributed by atoms with van der Waals surface area (Å²) < 4.78 is 0. The molecule has 0 bridgehead atoms. The first-order valence-corrected chi connectivity index (χ1v) is 8.01. The molecule has 138 valence electrons. The largest absolute Gasteiger partial charge is 0.322 e. The fraction of sp³-hybridized carbons (Fsp3) is 0.167. The van der Waals surface area contributed by atoms with E-state index in [1.807, 2.05) is 0 Å². The number of hydrogen-bond acceptors (Lipinski definition) is 5. The number of nitrogens with one attached hydrogen (secondary N) is 3. The number of anilines is 1. The fourth-order valence-electron chi connectivity index (χ4n) is 2.81. The molecule has 1 fully saturated rings. The van der Waals surface area contributed by atoms with Crippen LogP contribution in [0.2, 0.25) is 0 Å². The summed E-state index contributed by atoms with van der Waals surface area (Å²) in [7, 11) is 0. The molecule has 1 aliphatic rings. The molecule has 0 aliphatic carbocycles. The Morgan fingerprint density at radius 3 is 2.56 bits per heavy atom. The summed E-state index contributed by atoms with van der Waals surface area (Å²) in [5.41, 5.74) is 0.0643. The molecule has 27 heavy (non-hydrogen) atoms. The number of imide groups is 1. The van der Waals surface area contributed by atoms with Gasteiger partial charge in [-0.25, -0.2) is 4.79 Å². The van der Waals surface area contributed by atoms with Crippen LogP contribution in [0.1, 0.15) is 28.4 Å². The van der Waals surface area contributed by atoms with E-state index < -0.39 is 28.3 Å². The Labute approximate surface area is 153 Å². The van der Waals surface area contributed by atoms with Gasteiger partial charge in [0.05, 0.1) is 4.92 Å². The van der Waals surface area contributed by atoms with E-state index in [1.54, 1.807) is 38.1 Å². The van der Waals surface area contributed by atoms with Gasteiger partial charge in [0.2, 0.25) is 0 Å². The highest BCUT2D eigenvalue weighted by atomic mass is 16.6. The van der Waals surface area contributed by atoms with Crippen molar-refractivity contribution in [3.8, 4) is 0 Å². The summed E-state index contributed by atoms with van der Waals surface area (Å²) in [5.74, 6) is -1.02. The van der Waals surface area contributed by atoms with E-state index in [9.17, 15) is 24.5 Å². The van der Waals surface area contributed by atoms with Crippen LogP contribution in [-0.4, -0.2) is 22.8 Å². The Morgan fingerprint density at radius 1 is 1.19 bits per heavy atom. The number of rotatable bonds is 4. The first-order chi connectivity index (χ1) is 12.7. The van der Waals surface area contributed by atoms with E-state index in [2.05, 4.69) is 16.0 Å². The lowest BCUT2D eigenvalue weighted by atomic mass is 9.92. The molecule has 1 aliphatic heterocycles. The van der Waals surface area contributed by atoms with Crippen molar-refractivity contribution in [3.63, 3.8) is 0 Å². The van der Waals surface area contributed by atoms with Crippen molar-refractivity contribution in [2.45, 2.75) is 19.4 Å². The van der Waals surface area contributed by atoms with Crippen molar-refractivity contribution in [2.75, 3.05) is 5.32 Å². The van der Waals surface area contributed by atoms with Crippen molar-refractivity contribution in [3.05, 3.63) is 69.3 Å². The molecule has 1 atom stereocenters. The Bertz CT molecular complexity index is 987. The van der Waals surface area contributed by atoms with Crippen molar-refractivity contribution in [2.24, 2.45) is 0 Å². The molecule has 2 aromatic carbocycles. The van der Waals surface area contributed by atoms with E-state index in [0.29, 0.717) is 16.8 Å². The standard InChI is InChI=1S/C18H16N4O5/c1-10-6-7-11(8-14(10)22(26)27)15(23)19-13-5-3-4-12(9-13)18(2)16(24)20-17(25)21-18/h3-9H,1-2H3,(H,19,23)(H2,20,21,24,25)/t18-/m0/s1. The molecular weight excluding hydrogens is 352 g/mol. The Hall–Kier alpha value is -3.75. The summed E-state index contributed by atoms with van der Waals surface area (Å²) in [4.78, 5) is 46.4. The highest BCUT2D eigenvalue weighted by Crippen LogP contribution is 2.27. The van der Waals surface area contributed by atoms with Crippen molar-refractivity contribution in [1.29, 1.82) is 0 Å². The predicted molar refractivity (Wildman–Crippen MR) is 96.3 cm³/mol. The summed E-state index contributed by atoms with van der Waals surface area (Å²) in [6.07, 6.45) is 0. The van der Waals surface area contributed by atoms with E-state index in [0.717, 1.165) is 0 Å². The number of nitro groups is 1. The van der Waals surface area contributed by atoms with Gasteiger partial charge in [0, 0.05) is 22.9 Å². The van der Waals surface area contributed by atoms with E-state index >= 15 is 0 Å². The zero-order chi connectivity index (χ0) is 19.8. The number of nitro benzene ring substituents is 1. The average Bonchev–Trinajstić information content (AvgIpc) is 2.88. The highest BCUT2D eigenvalue weighted by molar-refractivity contribution is 6.08. The number of nitrogens with zero attached hydrogens (tertiary/aromatic N) is 1. The third-order valence-electron chi connectivity index (χ3n) is 4.41. The van der Waals surface area contributed by atoms with Gasteiger partial charge in [0.15, 0.2) is 0 Å². The summed E-state index contributed by atoms with van der Waals surface area (Å²) >= 11 is 0. The second-order valence-electron chi connectivity index (χ2n) is 6.33. The van der Waals surface area contributed by atoms with Crippen LogP contribution in [0.3, 0.4) is 0 Å². The molecule has 9 heteroatoms. The number of aryl methyl sites for hydroxylation is 1. The molecular formula is C18H16N4O5. The normalized spacial score (nSPS) is 18.6. The molecule has 1 heterocycles. The number of amides is 4. The monoisotopic (exact) mass is 368 g/mol. The number of urea groups is 1. The maximum atomic E-state index is 12.4. The van der Waals surface area contributed by atoms with Gasteiger partial charge in [-0.1, -0.05) is 18.2 Å². The van der Waals surface area contributed by atoms with Gasteiger partial charge >= 0.3 is 6.03 Å². The van der Waals surface area contributed by atoms with E-state index in [1.165, 1.54) is 18.2 Å². The van der Waals surface area contributed by atoms with Crippen LogP contribution in [0.5, 0.6) is 0 Å². The molecule has 0 aromatic heterocycles. The van der Waals surface area contributed by atoms with Crippen LogP contribution in [0.15, 0.2) is 42.5 Å². The van der Waals surface area contributed by atoms with Crippen molar-refractivity contribution in [1.82, 2.24) is 10.6 Å². The lowest BCUT2D eigenvalue weighted by Gasteiger charge is -2.21. The molecule has 9 nitrogen and oxygen atoms in total. The lowest BCUT2D eigenvalue weighted by molar-refractivity contribution is -0.385. The van der Waals surface area contributed by atoms with Crippen molar-refractivity contribution < 1.29 is 19.3 Å². The Morgan fingerprint density at radius 2 is 1.93 bits per heavy atom. The lowest BCUT2D eigenvalue weighted by Crippen LogP contribution is -2.40. The Balaban J connectivity index is 1.86. The van der Waals surface area contributed by atoms with Crippen LogP contribution in [0, 0.1) is 17.0 Å². The predicted octanol–water partition coefficient (Wildman–Crippen LogP) is 2.21. The first kappa shape index (κ1) is 18.1. The molecule has 0 unspecified atom stereocenters. The molecule has 2 aromatic rings. The van der Waals surface area contributed by atoms with E-state index in [4.69, 9.17) is 0 Å². The number of carbonyl (C=O) groups excluding carboxylic acids is 3. The fourth-order valence-corrected chi connectivity index (χ4v) is 2.81. The molecule has 0 saturated carbocycles. The molecule has 1 saturated heterocycles. The smallest absolute Gasteiger partial charge is 0.322 e.